The molecule has 1 aliphatic heterocycles. The van der Waals surface area contributed by atoms with E-state index in [0.717, 1.165) is 42.8 Å². The molecule has 2 amide bonds. The molecule has 2 aliphatic rings. The molecular weight excluding hydrogens is 360 g/mol. The van der Waals surface area contributed by atoms with Crippen molar-refractivity contribution in [2.45, 2.75) is 71.3 Å². The number of likely N-dealkylation sites (tertiary alicyclic amines) is 1. The van der Waals surface area contributed by atoms with Crippen molar-refractivity contribution in [3.05, 3.63) is 10.6 Å². The van der Waals surface area contributed by atoms with Crippen LogP contribution in [0.2, 0.25) is 0 Å². The van der Waals surface area contributed by atoms with Crippen LogP contribution in [0, 0.1) is 19.8 Å². The van der Waals surface area contributed by atoms with E-state index in [4.69, 9.17) is 0 Å². The lowest BCUT2D eigenvalue weighted by molar-refractivity contribution is -0.128. The second-order valence-electron chi connectivity index (χ2n) is 7.98. The molecule has 1 aliphatic carbocycles. The van der Waals surface area contributed by atoms with Gasteiger partial charge in [-0.2, -0.15) is 0 Å². The summed E-state index contributed by atoms with van der Waals surface area (Å²) in [6.45, 7) is 5.82. The predicted octanol–water partition coefficient (Wildman–Crippen LogP) is 3.25. The zero-order valence-electron chi connectivity index (χ0n) is 16.6. The summed E-state index contributed by atoms with van der Waals surface area (Å²) in [6.07, 6.45) is 9.12. The van der Waals surface area contributed by atoms with Crippen molar-refractivity contribution in [3.63, 3.8) is 0 Å². The maximum Gasteiger partial charge on any atom is 0.240 e. The highest BCUT2D eigenvalue weighted by Gasteiger charge is 2.28. The molecule has 1 saturated heterocycles. The summed E-state index contributed by atoms with van der Waals surface area (Å²) in [5, 5.41) is 6.83. The number of aryl methyl sites for hydroxylation is 2. The Morgan fingerprint density at radius 1 is 1.11 bits per heavy atom. The first-order chi connectivity index (χ1) is 13.0. The van der Waals surface area contributed by atoms with E-state index in [2.05, 4.69) is 20.5 Å². The number of nitrogens with zero attached hydrogens (tertiary/aromatic N) is 2. The molecule has 0 bridgehead atoms. The van der Waals surface area contributed by atoms with E-state index < -0.39 is 0 Å². The lowest BCUT2D eigenvalue weighted by Gasteiger charge is -2.32. The highest BCUT2D eigenvalue weighted by molar-refractivity contribution is 7.15. The van der Waals surface area contributed by atoms with Gasteiger partial charge in [-0.3, -0.25) is 14.5 Å². The molecule has 6 nitrogen and oxygen atoms in total. The molecule has 27 heavy (non-hydrogen) atoms. The van der Waals surface area contributed by atoms with Gasteiger partial charge in [0.25, 0.3) is 0 Å². The molecule has 0 radical (unpaired) electrons. The van der Waals surface area contributed by atoms with Crippen LogP contribution < -0.4 is 10.6 Å². The van der Waals surface area contributed by atoms with Gasteiger partial charge in [0.05, 0.1) is 18.2 Å². The van der Waals surface area contributed by atoms with E-state index in [1.807, 2.05) is 13.8 Å². The Balaban J connectivity index is 1.46. The normalized spacial score (nSPS) is 22.2. The molecule has 150 valence electrons. The zero-order chi connectivity index (χ0) is 19.2. The molecule has 2 heterocycles. The minimum Gasteiger partial charge on any atom is -0.353 e. The van der Waals surface area contributed by atoms with Crippen LogP contribution in [-0.4, -0.2) is 47.4 Å². The van der Waals surface area contributed by atoms with E-state index >= 15 is 0 Å². The summed E-state index contributed by atoms with van der Waals surface area (Å²) in [5.74, 6) is 0.130. The third-order valence-corrected chi connectivity index (χ3v) is 6.71. The molecule has 3 rings (SSSR count). The fraction of sp³-hybridized carbons (Fsp3) is 0.750. The number of carbonyl (C=O) groups excluding carboxylic acids is 2. The molecule has 2 fully saturated rings. The van der Waals surface area contributed by atoms with E-state index in [9.17, 15) is 9.59 Å². The monoisotopic (exact) mass is 392 g/mol. The minimum absolute atomic E-state index is 0.000783. The van der Waals surface area contributed by atoms with Crippen LogP contribution >= 0.6 is 11.3 Å². The largest absolute Gasteiger partial charge is 0.353 e. The SMILES string of the molecule is Cc1nc(NC(=O)CN2CCCC(C(=O)NC3CCCCCC3)C2)sc1C. The number of rotatable bonds is 5. The average Bonchev–Trinajstić information content (AvgIpc) is 2.82. The maximum atomic E-state index is 12.7. The summed E-state index contributed by atoms with van der Waals surface area (Å²) in [6, 6.07) is 0.343. The molecular formula is C20H32N4O2S. The second kappa shape index (κ2) is 9.64. The number of amides is 2. The number of anilines is 1. The lowest BCUT2D eigenvalue weighted by Crippen LogP contribution is -2.47. The fourth-order valence-electron chi connectivity index (χ4n) is 4.04. The van der Waals surface area contributed by atoms with Gasteiger partial charge in [-0.25, -0.2) is 4.98 Å². The number of aromatic nitrogens is 1. The zero-order valence-corrected chi connectivity index (χ0v) is 17.4. The topological polar surface area (TPSA) is 74.3 Å². The van der Waals surface area contributed by atoms with Gasteiger partial charge in [0.2, 0.25) is 11.8 Å². The third-order valence-electron chi connectivity index (χ3n) is 5.72. The molecule has 1 saturated carbocycles. The second-order valence-corrected chi connectivity index (χ2v) is 9.18. The van der Waals surface area contributed by atoms with Crippen LogP contribution in [0.15, 0.2) is 0 Å². The van der Waals surface area contributed by atoms with Crippen molar-refractivity contribution in [2.75, 3.05) is 25.0 Å². The Morgan fingerprint density at radius 2 is 1.85 bits per heavy atom. The van der Waals surface area contributed by atoms with Crippen LogP contribution in [-0.2, 0) is 9.59 Å². The maximum absolute atomic E-state index is 12.7. The summed E-state index contributed by atoms with van der Waals surface area (Å²) in [4.78, 5) is 32.6. The number of piperidine rings is 1. The van der Waals surface area contributed by atoms with Crippen LogP contribution in [0.5, 0.6) is 0 Å². The van der Waals surface area contributed by atoms with Crippen LogP contribution in [0.1, 0.15) is 61.9 Å². The molecule has 2 N–H and O–H groups in total. The summed E-state index contributed by atoms with van der Waals surface area (Å²) in [7, 11) is 0. The van der Waals surface area contributed by atoms with Crippen LogP contribution in [0.4, 0.5) is 5.13 Å². The Labute approximate surface area is 166 Å². The Hall–Kier alpha value is -1.47. The van der Waals surface area contributed by atoms with Gasteiger partial charge >= 0.3 is 0 Å². The molecule has 1 aromatic rings. The van der Waals surface area contributed by atoms with E-state index in [1.165, 1.54) is 37.0 Å². The number of thiazole rings is 1. The van der Waals surface area contributed by atoms with Gasteiger partial charge in [-0.05, 0) is 46.1 Å². The van der Waals surface area contributed by atoms with Crippen LogP contribution in [0.3, 0.4) is 0 Å². The van der Waals surface area contributed by atoms with Gasteiger partial charge in [-0.15, -0.1) is 11.3 Å². The first-order valence-corrected chi connectivity index (χ1v) is 11.1. The van der Waals surface area contributed by atoms with Crippen molar-refractivity contribution < 1.29 is 9.59 Å². The Morgan fingerprint density at radius 3 is 2.52 bits per heavy atom. The van der Waals surface area contributed by atoms with Crippen molar-refractivity contribution in [1.29, 1.82) is 0 Å². The van der Waals surface area contributed by atoms with Gasteiger partial charge in [0.15, 0.2) is 5.13 Å². The van der Waals surface area contributed by atoms with E-state index in [-0.39, 0.29) is 17.7 Å². The van der Waals surface area contributed by atoms with E-state index in [1.54, 1.807) is 0 Å². The highest BCUT2D eigenvalue weighted by Crippen LogP contribution is 2.22. The van der Waals surface area contributed by atoms with Gasteiger partial charge in [-0.1, -0.05) is 25.7 Å². The smallest absolute Gasteiger partial charge is 0.240 e. The summed E-state index contributed by atoms with van der Waals surface area (Å²) in [5.41, 5.74) is 0.962. The standard InChI is InChI=1S/C20H32N4O2S/c1-14-15(2)27-20(21-14)23-18(25)13-24-11-7-8-16(12-24)19(26)22-17-9-5-3-4-6-10-17/h16-17H,3-13H2,1-2H3,(H,22,26)(H,21,23,25). The van der Waals surface area contributed by atoms with Gasteiger partial charge < -0.3 is 10.6 Å². The molecule has 1 unspecified atom stereocenters. The highest BCUT2D eigenvalue weighted by atomic mass is 32.1. The third kappa shape index (κ3) is 6.01. The molecule has 1 aromatic heterocycles. The predicted molar refractivity (Wildman–Crippen MR) is 109 cm³/mol. The summed E-state index contributed by atoms with van der Waals surface area (Å²) >= 11 is 1.51. The first-order valence-electron chi connectivity index (χ1n) is 10.3. The fourth-order valence-corrected chi connectivity index (χ4v) is 4.87. The molecule has 0 aromatic carbocycles. The lowest BCUT2D eigenvalue weighted by atomic mass is 9.96. The van der Waals surface area contributed by atoms with Crippen molar-refractivity contribution in [2.24, 2.45) is 5.92 Å². The first kappa shape index (κ1) is 20.3. The number of hydrogen-bond donors (Lipinski definition) is 2. The molecule has 7 heteroatoms. The van der Waals surface area contributed by atoms with Crippen molar-refractivity contribution in [1.82, 2.24) is 15.2 Å². The van der Waals surface area contributed by atoms with Crippen molar-refractivity contribution >= 4 is 28.3 Å². The van der Waals surface area contributed by atoms with Gasteiger partial charge in [0.1, 0.15) is 0 Å². The van der Waals surface area contributed by atoms with Crippen molar-refractivity contribution in [3.8, 4) is 0 Å². The molecule has 0 spiro atoms. The van der Waals surface area contributed by atoms with Crippen LogP contribution in [0.25, 0.3) is 0 Å². The Kier molecular flexibility index (Phi) is 7.24. The van der Waals surface area contributed by atoms with E-state index in [0.29, 0.717) is 24.3 Å². The van der Waals surface area contributed by atoms with Gasteiger partial charge in [0, 0.05) is 17.5 Å². The Bertz CT molecular complexity index is 633. The number of hydrogen-bond acceptors (Lipinski definition) is 5. The average molecular weight is 393 g/mol. The number of nitrogens with one attached hydrogen (secondary N) is 2. The minimum atomic E-state index is -0.0476. The number of carbonyl (C=O) groups is 2. The molecule has 1 atom stereocenters. The summed E-state index contributed by atoms with van der Waals surface area (Å²) < 4.78 is 0. The quantitative estimate of drug-likeness (QED) is 0.755.